The number of benzene rings is 1. The van der Waals surface area contributed by atoms with E-state index in [1.165, 1.54) is 5.56 Å². The molecule has 1 aliphatic rings. The van der Waals surface area contributed by atoms with Gasteiger partial charge in [0.15, 0.2) is 11.5 Å². The quantitative estimate of drug-likeness (QED) is 0.519. The lowest BCUT2D eigenvalue weighted by molar-refractivity contribution is -0.120. The van der Waals surface area contributed by atoms with E-state index in [0.717, 1.165) is 34.7 Å². The van der Waals surface area contributed by atoms with Crippen molar-refractivity contribution in [3.05, 3.63) is 60.3 Å². The van der Waals surface area contributed by atoms with Crippen molar-refractivity contribution in [2.45, 2.75) is 19.8 Å². The monoisotopic (exact) mass is 427 g/mol. The molecule has 0 saturated carbocycles. The molecule has 3 N–H and O–H groups in total. The highest BCUT2D eigenvalue weighted by Gasteiger charge is 2.20. The van der Waals surface area contributed by atoms with Gasteiger partial charge in [-0.15, -0.1) is 0 Å². The Bertz CT molecular complexity index is 1280. The van der Waals surface area contributed by atoms with E-state index >= 15 is 0 Å². The van der Waals surface area contributed by atoms with Crippen LogP contribution < -0.4 is 16.0 Å². The van der Waals surface area contributed by atoms with Crippen LogP contribution in [0, 0.1) is 0 Å². The molecule has 0 radical (unpaired) electrons. The van der Waals surface area contributed by atoms with Crippen molar-refractivity contribution in [3.63, 3.8) is 0 Å². The second-order valence-corrected chi connectivity index (χ2v) is 7.83. The molecule has 0 spiro atoms. The summed E-state index contributed by atoms with van der Waals surface area (Å²) in [5.74, 6) is 2.02. The first-order valence-corrected chi connectivity index (χ1v) is 10.9. The van der Waals surface area contributed by atoms with E-state index < -0.39 is 0 Å². The summed E-state index contributed by atoms with van der Waals surface area (Å²) >= 11 is 0. The zero-order chi connectivity index (χ0) is 22.1. The van der Waals surface area contributed by atoms with Crippen LogP contribution in [0.4, 0.5) is 11.6 Å². The average Bonchev–Trinajstić information content (AvgIpc) is 3.05. The van der Waals surface area contributed by atoms with Crippen LogP contribution in [0.3, 0.4) is 0 Å². The summed E-state index contributed by atoms with van der Waals surface area (Å²) in [5, 5.41) is 2.91. The van der Waals surface area contributed by atoms with Crippen molar-refractivity contribution in [1.29, 1.82) is 0 Å². The Morgan fingerprint density at radius 2 is 1.91 bits per heavy atom. The second-order valence-electron chi connectivity index (χ2n) is 7.83. The summed E-state index contributed by atoms with van der Waals surface area (Å²) in [4.78, 5) is 28.0. The number of hydrogen-bond acceptors (Lipinski definition) is 6. The van der Waals surface area contributed by atoms with Crippen molar-refractivity contribution in [1.82, 2.24) is 24.8 Å². The summed E-state index contributed by atoms with van der Waals surface area (Å²) in [7, 11) is 0. The number of nitrogens with one attached hydrogen (secondary N) is 1. The number of amides is 1. The van der Waals surface area contributed by atoms with Gasteiger partial charge in [-0.05, 0) is 48.4 Å². The van der Waals surface area contributed by atoms with Crippen molar-refractivity contribution < 1.29 is 4.79 Å². The van der Waals surface area contributed by atoms with Gasteiger partial charge in [0.25, 0.3) is 0 Å². The molecule has 8 nitrogen and oxygen atoms in total. The molecule has 1 amide bonds. The second kappa shape index (κ2) is 8.30. The molecular weight excluding hydrogens is 402 g/mol. The Balaban J connectivity index is 1.69. The van der Waals surface area contributed by atoms with Gasteiger partial charge in [0.1, 0.15) is 17.2 Å². The Kier molecular flexibility index (Phi) is 5.18. The highest BCUT2D eigenvalue weighted by atomic mass is 16.1. The van der Waals surface area contributed by atoms with Crippen molar-refractivity contribution in [3.8, 4) is 17.1 Å². The Hall–Kier alpha value is -3.94. The molecular formula is C24H25N7O. The van der Waals surface area contributed by atoms with E-state index in [1.807, 2.05) is 28.8 Å². The fourth-order valence-corrected chi connectivity index (χ4v) is 4.03. The normalized spacial score (nSPS) is 14.4. The summed E-state index contributed by atoms with van der Waals surface area (Å²) in [6, 6.07) is 16.1. The SMILES string of the molecule is CCc1ccc(-n2c(-c3cccnc3N)nc3ccc(N4CCNC(=O)CC4)nc32)cc1. The zero-order valence-electron chi connectivity index (χ0n) is 18.0. The molecule has 0 aliphatic carbocycles. The van der Waals surface area contributed by atoms with E-state index in [2.05, 4.69) is 46.4 Å². The Morgan fingerprint density at radius 1 is 1.06 bits per heavy atom. The molecule has 1 fully saturated rings. The van der Waals surface area contributed by atoms with Crippen LogP contribution in [-0.4, -0.2) is 45.1 Å². The molecule has 4 heterocycles. The highest BCUT2D eigenvalue weighted by Crippen LogP contribution is 2.31. The minimum Gasteiger partial charge on any atom is -0.383 e. The van der Waals surface area contributed by atoms with Crippen LogP contribution in [0.1, 0.15) is 18.9 Å². The lowest BCUT2D eigenvalue weighted by Gasteiger charge is -2.20. The number of imidazole rings is 1. The number of aromatic nitrogens is 4. The van der Waals surface area contributed by atoms with Gasteiger partial charge in [-0.2, -0.15) is 0 Å². The lowest BCUT2D eigenvalue weighted by Crippen LogP contribution is -2.29. The van der Waals surface area contributed by atoms with Gasteiger partial charge >= 0.3 is 0 Å². The average molecular weight is 428 g/mol. The molecule has 4 aromatic rings. The largest absolute Gasteiger partial charge is 0.383 e. The lowest BCUT2D eigenvalue weighted by atomic mass is 10.1. The number of nitrogens with zero attached hydrogens (tertiary/aromatic N) is 5. The zero-order valence-corrected chi connectivity index (χ0v) is 18.0. The fourth-order valence-electron chi connectivity index (χ4n) is 4.03. The minimum absolute atomic E-state index is 0.0731. The standard InChI is InChI=1S/C24H25N7O/c1-2-16-5-7-17(8-6-16)31-23(18-4-3-12-27-22(18)25)28-19-9-10-20(29-24(19)31)30-14-11-21(32)26-13-15-30/h3-10,12H,2,11,13-15H2,1H3,(H2,25,27)(H,26,32). The third kappa shape index (κ3) is 3.64. The molecule has 1 aliphatic heterocycles. The Labute approximate surface area is 186 Å². The van der Waals surface area contributed by atoms with E-state index in [0.29, 0.717) is 37.7 Å². The van der Waals surface area contributed by atoms with Crippen molar-refractivity contribution >= 4 is 28.7 Å². The maximum Gasteiger partial charge on any atom is 0.221 e. The summed E-state index contributed by atoms with van der Waals surface area (Å²) in [5.41, 5.74) is 10.7. The fraction of sp³-hybridized carbons (Fsp3) is 0.250. The van der Waals surface area contributed by atoms with Crippen molar-refractivity contribution in [2.75, 3.05) is 30.3 Å². The van der Waals surface area contributed by atoms with Gasteiger partial charge in [-0.1, -0.05) is 19.1 Å². The van der Waals surface area contributed by atoms with E-state index in [1.54, 1.807) is 6.20 Å². The van der Waals surface area contributed by atoms with Crippen LogP contribution in [0.5, 0.6) is 0 Å². The number of hydrogen-bond donors (Lipinski definition) is 2. The van der Waals surface area contributed by atoms with Crippen LogP contribution in [-0.2, 0) is 11.2 Å². The molecule has 0 bridgehead atoms. The minimum atomic E-state index is 0.0731. The summed E-state index contributed by atoms with van der Waals surface area (Å²) < 4.78 is 2.03. The third-order valence-electron chi connectivity index (χ3n) is 5.81. The highest BCUT2D eigenvalue weighted by molar-refractivity contribution is 5.84. The molecule has 8 heteroatoms. The number of carbonyl (C=O) groups is 1. The maximum atomic E-state index is 11.8. The van der Waals surface area contributed by atoms with Gasteiger partial charge in [0.05, 0.1) is 5.56 Å². The molecule has 162 valence electrons. The number of nitrogens with two attached hydrogens (primary N) is 1. The van der Waals surface area contributed by atoms with Gasteiger partial charge in [0.2, 0.25) is 5.91 Å². The van der Waals surface area contributed by atoms with Gasteiger partial charge < -0.3 is 16.0 Å². The molecule has 0 atom stereocenters. The van der Waals surface area contributed by atoms with E-state index in [4.69, 9.17) is 15.7 Å². The van der Waals surface area contributed by atoms with Crippen LogP contribution in [0.25, 0.3) is 28.2 Å². The van der Waals surface area contributed by atoms with Gasteiger partial charge in [-0.3, -0.25) is 9.36 Å². The first-order chi connectivity index (χ1) is 15.6. The Morgan fingerprint density at radius 3 is 2.69 bits per heavy atom. The molecule has 1 aromatic carbocycles. The predicted molar refractivity (Wildman–Crippen MR) is 126 cm³/mol. The van der Waals surface area contributed by atoms with E-state index in [-0.39, 0.29) is 5.91 Å². The number of carbonyl (C=O) groups excluding carboxylic acids is 1. The maximum absolute atomic E-state index is 11.8. The predicted octanol–water partition coefficient (Wildman–Crippen LogP) is 2.95. The molecule has 5 rings (SSSR count). The van der Waals surface area contributed by atoms with Crippen LogP contribution >= 0.6 is 0 Å². The van der Waals surface area contributed by atoms with Crippen molar-refractivity contribution in [2.24, 2.45) is 0 Å². The van der Waals surface area contributed by atoms with E-state index in [9.17, 15) is 4.79 Å². The number of rotatable bonds is 4. The first-order valence-electron chi connectivity index (χ1n) is 10.9. The molecule has 1 saturated heterocycles. The number of aryl methyl sites for hydroxylation is 1. The van der Waals surface area contributed by atoms with Gasteiger partial charge in [-0.25, -0.2) is 15.0 Å². The summed E-state index contributed by atoms with van der Waals surface area (Å²) in [6.07, 6.45) is 3.10. The third-order valence-corrected chi connectivity index (χ3v) is 5.81. The van der Waals surface area contributed by atoms with Crippen LogP contribution in [0.15, 0.2) is 54.7 Å². The topological polar surface area (TPSA) is 102 Å². The number of nitrogen functional groups attached to an aromatic ring is 1. The van der Waals surface area contributed by atoms with Crippen LogP contribution in [0.2, 0.25) is 0 Å². The molecule has 32 heavy (non-hydrogen) atoms. The number of pyridine rings is 2. The first kappa shape index (κ1) is 20.0. The molecule has 3 aromatic heterocycles. The molecule has 0 unspecified atom stereocenters. The smallest absolute Gasteiger partial charge is 0.221 e. The van der Waals surface area contributed by atoms with Gasteiger partial charge in [0, 0.05) is 37.9 Å². The number of fused-ring (bicyclic) bond motifs is 1. The number of anilines is 2. The summed E-state index contributed by atoms with van der Waals surface area (Å²) in [6.45, 7) is 4.09.